The molecule has 0 spiro atoms. The van der Waals surface area contributed by atoms with E-state index in [1.165, 1.54) is 6.07 Å². The van der Waals surface area contributed by atoms with E-state index in [4.69, 9.17) is 11.6 Å². The lowest BCUT2D eigenvalue weighted by Gasteiger charge is -2.04. The summed E-state index contributed by atoms with van der Waals surface area (Å²) in [5.74, 6) is -0.332. The zero-order valence-corrected chi connectivity index (χ0v) is 14.7. The Bertz CT molecular complexity index is 1090. The van der Waals surface area contributed by atoms with Gasteiger partial charge in [-0.1, -0.05) is 36.4 Å². The van der Waals surface area contributed by atoms with E-state index in [2.05, 4.69) is 10.2 Å². The van der Waals surface area contributed by atoms with Gasteiger partial charge < -0.3 is 0 Å². The lowest BCUT2D eigenvalue weighted by molar-refractivity contribution is -0.815. The fourth-order valence-electron chi connectivity index (χ4n) is 2.69. The number of alkyl halides is 2. The summed E-state index contributed by atoms with van der Waals surface area (Å²) < 4.78 is 41.9. The van der Waals surface area contributed by atoms with Gasteiger partial charge in [-0.2, -0.15) is 5.10 Å². The molecule has 0 unspecified atom stereocenters. The van der Waals surface area contributed by atoms with Crippen molar-refractivity contribution in [2.75, 3.05) is 0 Å². The lowest BCUT2D eigenvalue weighted by atomic mass is 10.2. The molecule has 0 radical (unpaired) electrons. The zero-order valence-electron chi connectivity index (χ0n) is 13.1. The van der Waals surface area contributed by atoms with E-state index in [9.17, 15) is 13.2 Å². The maximum atomic E-state index is 14.0. The highest BCUT2D eigenvalue weighted by Gasteiger charge is 2.29. The van der Waals surface area contributed by atoms with Gasteiger partial charge in [-0.25, -0.2) is 4.39 Å². The fourth-order valence-corrected chi connectivity index (χ4v) is 3.77. The molecule has 0 aliphatic carbocycles. The first-order valence-corrected chi connectivity index (χ1v) is 8.79. The van der Waals surface area contributed by atoms with Crippen molar-refractivity contribution in [1.82, 2.24) is 14.9 Å². The van der Waals surface area contributed by atoms with E-state index in [1.807, 2.05) is 24.3 Å². The molecule has 0 N–H and O–H groups in total. The Balaban J connectivity index is 1.84. The van der Waals surface area contributed by atoms with Crippen LogP contribution >= 0.6 is 22.9 Å². The average molecular weight is 396 g/mol. The summed E-state index contributed by atoms with van der Waals surface area (Å²) in [6.07, 6.45) is 0. The molecule has 4 nitrogen and oxygen atoms in total. The summed E-state index contributed by atoms with van der Waals surface area (Å²) in [7, 11) is 0. The smallest absolute Gasteiger partial charge is 0.260 e. The highest BCUT2D eigenvalue weighted by molar-refractivity contribution is 7.18. The molecule has 0 fully saturated rings. The standard InChI is InChI=1S/C17H11ClF3N4S/c18-16-25(17(20)21)23-15(26-16)14-11-6-2-4-8-13(11)24(22-14)9-10-5-1-3-7-12(10)19/h1-8,17H,9H2/q+1. The largest absolute Gasteiger partial charge is 0.476 e. The van der Waals surface area contributed by atoms with Crippen molar-refractivity contribution in [3.63, 3.8) is 0 Å². The van der Waals surface area contributed by atoms with Gasteiger partial charge in [-0.15, -0.1) is 8.78 Å². The number of halogens is 4. The van der Waals surface area contributed by atoms with Gasteiger partial charge in [0.05, 0.1) is 12.1 Å². The number of para-hydroxylation sites is 1. The second kappa shape index (κ2) is 6.69. The normalized spacial score (nSPS) is 11.6. The zero-order chi connectivity index (χ0) is 18.3. The van der Waals surface area contributed by atoms with Crippen LogP contribution in [0.3, 0.4) is 0 Å². The van der Waals surface area contributed by atoms with Gasteiger partial charge in [0.2, 0.25) is 5.01 Å². The van der Waals surface area contributed by atoms with E-state index in [1.54, 1.807) is 22.9 Å². The van der Waals surface area contributed by atoms with E-state index >= 15 is 0 Å². The van der Waals surface area contributed by atoms with Gasteiger partial charge in [-0.3, -0.25) is 4.68 Å². The van der Waals surface area contributed by atoms with Gasteiger partial charge >= 0.3 is 11.0 Å². The second-order valence-corrected chi connectivity index (χ2v) is 7.06. The van der Waals surface area contributed by atoms with Crippen molar-refractivity contribution in [2.24, 2.45) is 0 Å². The minimum Gasteiger partial charge on any atom is -0.260 e. The summed E-state index contributed by atoms with van der Waals surface area (Å²) in [4.78, 5) is 0. The van der Waals surface area contributed by atoms with Crippen LogP contribution in [0.4, 0.5) is 13.2 Å². The summed E-state index contributed by atoms with van der Waals surface area (Å²) >= 11 is 6.77. The first-order valence-electron chi connectivity index (χ1n) is 7.60. The van der Waals surface area contributed by atoms with Gasteiger partial charge in [0.25, 0.3) is 0 Å². The van der Waals surface area contributed by atoms with Crippen LogP contribution in [0.25, 0.3) is 21.6 Å². The number of fused-ring (bicyclic) bond motifs is 1. The maximum absolute atomic E-state index is 14.0. The first-order chi connectivity index (χ1) is 12.5. The summed E-state index contributed by atoms with van der Waals surface area (Å²) in [6, 6.07) is 13.7. The molecule has 0 amide bonds. The molecule has 0 saturated heterocycles. The second-order valence-electron chi connectivity index (χ2n) is 5.50. The molecule has 132 valence electrons. The van der Waals surface area contributed by atoms with Gasteiger partial charge in [0.1, 0.15) is 11.5 Å². The highest BCUT2D eigenvalue weighted by Crippen LogP contribution is 2.32. The Hall–Kier alpha value is -2.45. The quantitative estimate of drug-likeness (QED) is 0.470. The first kappa shape index (κ1) is 17.0. The number of hydrogen-bond donors (Lipinski definition) is 0. The van der Waals surface area contributed by atoms with Gasteiger partial charge in [0.15, 0.2) is 0 Å². The van der Waals surface area contributed by atoms with Gasteiger partial charge in [-0.05, 0) is 23.5 Å². The number of hydrogen-bond acceptors (Lipinski definition) is 3. The van der Waals surface area contributed by atoms with Crippen molar-refractivity contribution in [3.8, 4) is 10.7 Å². The van der Waals surface area contributed by atoms with E-state index in [-0.39, 0.29) is 21.8 Å². The molecule has 4 aromatic rings. The van der Waals surface area contributed by atoms with Crippen LogP contribution in [-0.2, 0) is 6.54 Å². The Kier molecular flexibility index (Phi) is 4.37. The third-order valence-corrected chi connectivity index (χ3v) is 5.11. The summed E-state index contributed by atoms with van der Waals surface area (Å²) in [5, 5.41) is 9.37. The third kappa shape index (κ3) is 2.95. The SMILES string of the molecule is Fc1ccccc1Cn1nc(-c2n[n+](C(F)F)c(Cl)s2)c2ccccc21. The number of nitrogens with zero attached hydrogens (tertiary/aromatic N) is 4. The fraction of sp³-hybridized carbons (Fsp3) is 0.118. The molecule has 2 aromatic carbocycles. The Labute approximate surface area is 155 Å². The van der Waals surface area contributed by atoms with Crippen molar-refractivity contribution < 1.29 is 17.9 Å². The number of aromatic nitrogens is 4. The summed E-state index contributed by atoms with van der Waals surface area (Å²) in [5.41, 5.74) is 1.66. The third-order valence-electron chi connectivity index (χ3n) is 3.88. The molecule has 26 heavy (non-hydrogen) atoms. The van der Waals surface area contributed by atoms with Crippen LogP contribution in [-0.4, -0.2) is 14.9 Å². The molecular formula is C17H11ClF3N4S+. The maximum Gasteiger partial charge on any atom is 0.476 e. The molecule has 0 aliphatic rings. The van der Waals surface area contributed by atoms with Crippen molar-refractivity contribution >= 4 is 33.8 Å². The van der Waals surface area contributed by atoms with E-state index in [0.29, 0.717) is 15.9 Å². The lowest BCUT2D eigenvalue weighted by Crippen LogP contribution is -2.37. The van der Waals surface area contributed by atoms with E-state index < -0.39 is 6.55 Å². The molecule has 0 aliphatic heterocycles. The van der Waals surface area contributed by atoms with Crippen molar-refractivity contribution in [3.05, 3.63) is 64.4 Å². The van der Waals surface area contributed by atoms with Crippen LogP contribution in [0.5, 0.6) is 0 Å². The molecule has 2 heterocycles. The van der Waals surface area contributed by atoms with Crippen LogP contribution < -0.4 is 4.68 Å². The molecule has 9 heteroatoms. The number of rotatable bonds is 4. The molecular weight excluding hydrogens is 385 g/mol. The van der Waals surface area contributed by atoms with Crippen molar-refractivity contribution in [2.45, 2.75) is 13.1 Å². The van der Waals surface area contributed by atoms with Crippen LogP contribution in [0.15, 0.2) is 48.5 Å². The van der Waals surface area contributed by atoms with Crippen LogP contribution in [0, 0.1) is 5.82 Å². The molecule has 4 rings (SSSR count). The van der Waals surface area contributed by atoms with Crippen LogP contribution in [0.2, 0.25) is 4.47 Å². The van der Waals surface area contributed by atoms with E-state index in [0.717, 1.165) is 22.2 Å². The molecule has 0 atom stereocenters. The minimum atomic E-state index is -2.83. The predicted molar refractivity (Wildman–Crippen MR) is 92.8 cm³/mol. The Morgan fingerprint density at radius 3 is 2.58 bits per heavy atom. The number of benzene rings is 2. The molecule has 2 aromatic heterocycles. The van der Waals surface area contributed by atoms with Crippen LogP contribution in [0.1, 0.15) is 12.1 Å². The Morgan fingerprint density at radius 1 is 1.12 bits per heavy atom. The Morgan fingerprint density at radius 2 is 1.85 bits per heavy atom. The van der Waals surface area contributed by atoms with Gasteiger partial charge in [0, 0.05) is 32.3 Å². The highest BCUT2D eigenvalue weighted by atomic mass is 35.5. The molecule has 0 bridgehead atoms. The molecule has 0 saturated carbocycles. The van der Waals surface area contributed by atoms with Crippen molar-refractivity contribution in [1.29, 1.82) is 0 Å². The monoisotopic (exact) mass is 395 g/mol. The predicted octanol–water partition coefficient (Wildman–Crippen LogP) is 4.68. The minimum absolute atomic E-state index is 0.136. The summed E-state index contributed by atoms with van der Waals surface area (Å²) in [6.45, 7) is -2.62. The average Bonchev–Trinajstić information content (AvgIpc) is 3.18. The topological polar surface area (TPSA) is 34.6 Å².